The van der Waals surface area contributed by atoms with Crippen LogP contribution in [-0.2, 0) is 32.6 Å². The van der Waals surface area contributed by atoms with Crippen LogP contribution in [0.3, 0.4) is 0 Å². The van der Waals surface area contributed by atoms with E-state index in [1.807, 2.05) is 29.8 Å². The summed E-state index contributed by atoms with van der Waals surface area (Å²) in [4.78, 5) is 33.3. The van der Waals surface area contributed by atoms with Crippen LogP contribution in [0.5, 0.6) is 0 Å². The summed E-state index contributed by atoms with van der Waals surface area (Å²) in [7, 11) is -3.81. The number of benzene rings is 2. The maximum atomic E-state index is 12.5. The van der Waals surface area contributed by atoms with Gasteiger partial charge in [-0.1, -0.05) is 54.6 Å². The Balaban J connectivity index is 1.70. The molecule has 0 bridgehead atoms. The number of hydrogen-bond donors (Lipinski definition) is 2. The molecule has 3 rings (SSSR count). The minimum Gasteiger partial charge on any atom is -0.445 e. The van der Waals surface area contributed by atoms with Gasteiger partial charge in [0.05, 0.1) is 6.26 Å². The number of hydrogen-bond acceptors (Lipinski definition) is 7. The van der Waals surface area contributed by atoms with Crippen LogP contribution in [0.1, 0.15) is 16.7 Å². The number of carbonyl (C=O) groups excluding carboxylic acids is 2. The van der Waals surface area contributed by atoms with Gasteiger partial charge in [0.2, 0.25) is 10.0 Å². The second-order valence-electron chi connectivity index (χ2n) is 7.48. The highest BCUT2D eigenvalue weighted by Crippen LogP contribution is 2.16. The van der Waals surface area contributed by atoms with Gasteiger partial charge in [-0.2, -0.15) is 0 Å². The van der Waals surface area contributed by atoms with E-state index in [-0.39, 0.29) is 13.0 Å². The summed E-state index contributed by atoms with van der Waals surface area (Å²) in [6.45, 7) is 1.91. The number of carbonyl (C=O) groups is 2. The molecule has 0 aliphatic carbocycles. The topological polar surface area (TPSA) is 127 Å². The number of amides is 2. The predicted molar refractivity (Wildman–Crippen MR) is 122 cm³/mol. The normalized spacial score (nSPS) is 11.9. The summed E-state index contributed by atoms with van der Waals surface area (Å²) in [6, 6.07) is 15.0. The van der Waals surface area contributed by atoms with Gasteiger partial charge < -0.3 is 10.1 Å². The maximum absolute atomic E-state index is 12.5. The third-order valence-corrected chi connectivity index (χ3v) is 5.11. The number of aryl methyl sites for hydroxylation is 1. The Bertz CT molecular complexity index is 1200. The Labute approximate surface area is 192 Å². The van der Waals surface area contributed by atoms with Crippen molar-refractivity contribution >= 4 is 22.0 Å². The average Bonchev–Trinajstić information content (AvgIpc) is 2.78. The van der Waals surface area contributed by atoms with Crippen LogP contribution in [0.2, 0.25) is 0 Å². The van der Waals surface area contributed by atoms with Crippen molar-refractivity contribution in [3.63, 3.8) is 0 Å². The fraction of sp³-hybridized carbons (Fsp3) is 0.217. The lowest BCUT2D eigenvalue weighted by atomic mass is 10.0. The Kier molecular flexibility index (Phi) is 7.73. The highest BCUT2D eigenvalue weighted by molar-refractivity contribution is 7.89. The van der Waals surface area contributed by atoms with Crippen LogP contribution in [0, 0.1) is 6.92 Å². The van der Waals surface area contributed by atoms with E-state index in [1.54, 1.807) is 48.8 Å². The second-order valence-corrected chi connectivity index (χ2v) is 9.23. The summed E-state index contributed by atoms with van der Waals surface area (Å²) in [5.74, 6) is -0.304. The molecule has 2 amide bonds. The number of nitrogens with zero attached hydrogens (tertiary/aromatic N) is 2. The number of ether oxygens (including phenoxy) is 1. The molecular weight excluding hydrogens is 444 g/mol. The monoisotopic (exact) mass is 468 g/mol. The number of alkyl carbamates (subject to hydrolysis) is 1. The van der Waals surface area contributed by atoms with Gasteiger partial charge in [0, 0.05) is 24.4 Å². The molecule has 0 aliphatic heterocycles. The van der Waals surface area contributed by atoms with Crippen molar-refractivity contribution < 1.29 is 22.7 Å². The lowest BCUT2D eigenvalue weighted by Crippen LogP contribution is -2.49. The molecule has 0 fully saturated rings. The Hall–Kier alpha value is -3.79. The van der Waals surface area contributed by atoms with E-state index in [1.165, 1.54) is 0 Å². The van der Waals surface area contributed by atoms with Crippen molar-refractivity contribution in [1.29, 1.82) is 0 Å². The molecule has 0 spiro atoms. The summed E-state index contributed by atoms with van der Waals surface area (Å²) in [5.41, 5.74) is 3.20. The van der Waals surface area contributed by atoms with E-state index in [0.717, 1.165) is 22.9 Å². The van der Waals surface area contributed by atoms with Crippen LogP contribution in [0.25, 0.3) is 11.4 Å². The summed E-state index contributed by atoms with van der Waals surface area (Å²) in [6.07, 6.45) is 3.51. The predicted octanol–water partition coefficient (Wildman–Crippen LogP) is 2.37. The first kappa shape index (κ1) is 23.9. The molecule has 2 N–H and O–H groups in total. The molecule has 3 aromatic rings. The minimum atomic E-state index is -3.81. The molecule has 1 aromatic heterocycles. The third kappa shape index (κ3) is 7.69. The SMILES string of the molecule is Cc1cnc(-c2ccc(C[C@H](NC(=O)OCc3ccccc3)C(=O)NS(C)(=O)=O)cc2)nc1. The van der Waals surface area contributed by atoms with Gasteiger partial charge >= 0.3 is 6.09 Å². The summed E-state index contributed by atoms with van der Waals surface area (Å²) < 4.78 is 30.1. The Morgan fingerprint density at radius 2 is 1.61 bits per heavy atom. The molecule has 9 nitrogen and oxygen atoms in total. The molecule has 0 saturated carbocycles. The first-order valence-electron chi connectivity index (χ1n) is 10.1. The van der Waals surface area contributed by atoms with Gasteiger partial charge in [0.15, 0.2) is 5.82 Å². The van der Waals surface area contributed by atoms with E-state index in [4.69, 9.17) is 4.74 Å². The zero-order valence-corrected chi connectivity index (χ0v) is 19.0. The van der Waals surface area contributed by atoms with E-state index in [2.05, 4.69) is 15.3 Å². The fourth-order valence-corrected chi connectivity index (χ4v) is 3.45. The lowest BCUT2D eigenvalue weighted by molar-refractivity contribution is -0.121. The molecule has 0 radical (unpaired) electrons. The van der Waals surface area contributed by atoms with Gasteiger partial charge in [-0.05, 0) is 23.6 Å². The van der Waals surface area contributed by atoms with Crippen molar-refractivity contribution in [2.24, 2.45) is 0 Å². The van der Waals surface area contributed by atoms with E-state index >= 15 is 0 Å². The maximum Gasteiger partial charge on any atom is 0.408 e. The Morgan fingerprint density at radius 3 is 2.21 bits per heavy atom. The molecule has 2 aromatic carbocycles. The zero-order valence-electron chi connectivity index (χ0n) is 18.2. The molecule has 1 heterocycles. The van der Waals surface area contributed by atoms with Crippen LogP contribution in [-0.4, -0.2) is 42.7 Å². The van der Waals surface area contributed by atoms with E-state index in [0.29, 0.717) is 11.4 Å². The first-order valence-corrected chi connectivity index (χ1v) is 12.0. The quantitative estimate of drug-likeness (QED) is 0.519. The van der Waals surface area contributed by atoms with E-state index in [9.17, 15) is 18.0 Å². The van der Waals surface area contributed by atoms with Gasteiger partial charge in [-0.3, -0.25) is 9.52 Å². The van der Waals surface area contributed by atoms with Gasteiger partial charge in [0.1, 0.15) is 12.6 Å². The van der Waals surface area contributed by atoms with Crippen molar-refractivity contribution in [3.05, 3.63) is 83.7 Å². The molecular formula is C23H24N4O5S. The fourth-order valence-electron chi connectivity index (χ4n) is 2.94. The Morgan fingerprint density at radius 1 is 0.970 bits per heavy atom. The van der Waals surface area contributed by atoms with Crippen molar-refractivity contribution in [3.8, 4) is 11.4 Å². The molecule has 33 heavy (non-hydrogen) atoms. The van der Waals surface area contributed by atoms with Gasteiger partial charge in [-0.25, -0.2) is 23.2 Å². The second kappa shape index (κ2) is 10.7. The molecule has 172 valence electrons. The molecule has 1 atom stereocenters. The highest BCUT2D eigenvalue weighted by Gasteiger charge is 2.24. The number of nitrogens with one attached hydrogen (secondary N) is 2. The van der Waals surface area contributed by atoms with Crippen molar-refractivity contribution in [2.45, 2.75) is 26.0 Å². The third-order valence-electron chi connectivity index (χ3n) is 4.54. The summed E-state index contributed by atoms with van der Waals surface area (Å²) >= 11 is 0. The smallest absolute Gasteiger partial charge is 0.408 e. The van der Waals surface area contributed by atoms with Gasteiger partial charge in [-0.15, -0.1) is 0 Å². The largest absolute Gasteiger partial charge is 0.445 e. The number of sulfonamides is 1. The highest BCUT2D eigenvalue weighted by atomic mass is 32.2. The first-order chi connectivity index (χ1) is 15.7. The standard InChI is InChI=1S/C23H24N4O5S/c1-16-13-24-21(25-14-16)19-10-8-17(9-11-19)12-20(22(28)27-33(2,30)31)26-23(29)32-15-18-6-4-3-5-7-18/h3-11,13-14,20H,12,15H2,1-2H3,(H,26,29)(H,27,28)/t20-/m0/s1. The molecule has 0 aliphatic rings. The van der Waals surface area contributed by atoms with Crippen LogP contribution >= 0.6 is 0 Å². The van der Waals surface area contributed by atoms with E-state index < -0.39 is 28.1 Å². The average molecular weight is 469 g/mol. The van der Waals surface area contributed by atoms with Crippen LogP contribution in [0.4, 0.5) is 4.79 Å². The zero-order chi connectivity index (χ0) is 23.8. The van der Waals surface area contributed by atoms with Crippen LogP contribution < -0.4 is 10.0 Å². The molecule has 0 unspecified atom stereocenters. The van der Waals surface area contributed by atoms with Crippen molar-refractivity contribution in [1.82, 2.24) is 20.0 Å². The van der Waals surface area contributed by atoms with Crippen molar-refractivity contribution in [2.75, 3.05) is 6.26 Å². The summed E-state index contributed by atoms with van der Waals surface area (Å²) in [5, 5.41) is 2.45. The number of rotatable bonds is 8. The molecule has 0 saturated heterocycles. The van der Waals surface area contributed by atoms with Gasteiger partial charge in [0.25, 0.3) is 5.91 Å². The number of aromatic nitrogens is 2. The minimum absolute atomic E-state index is 0.0122. The molecule has 10 heteroatoms. The lowest BCUT2D eigenvalue weighted by Gasteiger charge is -2.18. The van der Waals surface area contributed by atoms with Crippen LogP contribution in [0.15, 0.2) is 67.0 Å².